The first kappa shape index (κ1) is 10.3. The molecular weight excluding hydrogens is 162 g/mol. The molecule has 1 atom stereocenters. The Morgan fingerprint density at radius 1 is 1.54 bits per heavy atom. The Kier molecular flexibility index (Phi) is 3.96. The summed E-state index contributed by atoms with van der Waals surface area (Å²) in [6.07, 6.45) is 8.56. The van der Waals surface area contributed by atoms with Crippen molar-refractivity contribution >= 4 is 0 Å². The van der Waals surface area contributed by atoms with Gasteiger partial charge in [-0.1, -0.05) is 26.2 Å². The summed E-state index contributed by atoms with van der Waals surface area (Å²) in [6, 6.07) is 0.118. The van der Waals surface area contributed by atoms with Crippen molar-refractivity contribution in [2.45, 2.75) is 38.6 Å². The number of unbranched alkanes of at least 4 members (excludes halogenated alkanes) is 2. The molecule has 2 N–H and O–H groups in total. The van der Waals surface area contributed by atoms with E-state index in [0.717, 1.165) is 12.1 Å². The van der Waals surface area contributed by atoms with E-state index in [4.69, 9.17) is 5.73 Å². The van der Waals surface area contributed by atoms with E-state index in [1.54, 1.807) is 6.33 Å². The Morgan fingerprint density at radius 2 is 2.31 bits per heavy atom. The molecule has 0 spiro atoms. The van der Waals surface area contributed by atoms with Crippen LogP contribution in [0.2, 0.25) is 0 Å². The molecule has 0 amide bonds. The Morgan fingerprint density at radius 3 is 2.85 bits per heavy atom. The van der Waals surface area contributed by atoms with E-state index in [1.807, 2.05) is 17.8 Å². The van der Waals surface area contributed by atoms with Crippen molar-refractivity contribution in [2.24, 2.45) is 12.8 Å². The molecule has 0 bridgehead atoms. The molecule has 1 aromatic rings. The lowest BCUT2D eigenvalue weighted by molar-refractivity contribution is 0.572. The zero-order valence-electron chi connectivity index (χ0n) is 8.53. The second kappa shape index (κ2) is 5.02. The number of aryl methyl sites for hydroxylation is 1. The third kappa shape index (κ3) is 3.19. The maximum Gasteiger partial charge on any atom is 0.0947 e. The highest BCUT2D eigenvalue weighted by molar-refractivity contribution is 5.02. The van der Waals surface area contributed by atoms with Gasteiger partial charge in [0.1, 0.15) is 0 Å². The highest BCUT2D eigenvalue weighted by Gasteiger charge is 2.07. The summed E-state index contributed by atoms with van der Waals surface area (Å²) in [5.41, 5.74) is 6.99. The highest BCUT2D eigenvalue weighted by atomic mass is 15.0. The molecule has 1 aromatic heterocycles. The molecule has 74 valence electrons. The lowest BCUT2D eigenvalue weighted by Gasteiger charge is -2.07. The summed E-state index contributed by atoms with van der Waals surface area (Å²) in [5, 5.41) is 0. The van der Waals surface area contributed by atoms with Crippen LogP contribution in [0, 0.1) is 0 Å². The number of hydrogen-bond donors (Lipinski definition) is 1. The van der Waals surface area contributed by atoms with Gasteiger partial charge in [0.05, 0.1) is 12.0 Å². The number of rotatable bonds is 5. The molecule has 0 aliphatic rings. The first-order valence-corrected chi connectivity index (χ1v) is 4.97. The summed E-state index contributed by atoms with van der Waals surface area (Å²) in [4.78, 5) is 4.23. The van der Waals surface area contributed by atoms with Gasteiger partial charge in [0, 0.05) is 19.3 Å². The SMILES string of the molecule is CCCCCC(N)c1cn(C)cn1. The van der Waals surface area contributed by atoms with Crippen LogP contribution >= 0.6 is 0 Å². The van der Waals surface area contributed by atoms with Crippen LogP contribution < -0.4 is 5.73 Å². The molecule has 0 aliphatic heterocycles. The van der Waals surface area contributed by atoms with Crippen molar-refractivity contribution in [2.75, 3.05) is 0 Å². The summed E-state index contributed by atoms with van der Waals surface area (Å²) in [6.45, 7) is 2.20. The maximum absolute atomic E-state index is 5.97. The van der Waals surface area contributed by atoms with Gasteiger partial charge in [-0.15, -0.1) is 0 Å². The molecule has 1 unspecified atom stereocenters. The molecule has 0 saturated heterocycles. The second-order valence-electron chi connectivity index (χ2n) is 3.57. The van der Waals surface area contributed by atoms with E-state index >= 15 is 0 Å². The molecule has 0 saturated carbocycles. The van der Waals surface area contributed by atoms with Gasteiger partial charge in [0.15, 0.2) is 0 Å². The van der Waals surface area contributed by atoms with Gasteiger partial charge >= 0.3 is 0 Å². The van der Waals surface area contributed by atoms with Crippen molar-refractivity contribution in [3.63, 3.8) is 0 Å². The normalized spacial score (nSPS) is 13.2. The fourth-order valence-electron chi connectivity index (χ4n) is 1.39. The van der Waals surface area contributed by atoms with Crippen molar-refractivity contribution in [1.29, 1.82) is 0 Å². The van der Waals surface area contributed by atoms with E-state index in [-0.39, 0.29) is 6.04 Å². The van der Waals surface area contributed by atoms with Crippen molar-refractivity contribution in [3.8, 4) is 0 Å². The van der Waals surface area contributed by atoms with Crippen LogP contribution in [0.5, 0.6) is 0 Å². The lowest BCUT2D eigenvalue weighted by atomic mass is 10.1. The number of imidazole rings is 1. The third-order valence-electron chi connectivity index (χ3n) is 2.22. The van der Waals surface area contributed by atoms with E-state index in [0.29, 0.717) is 0 Å². The summed E-state index contributed by atoms with van der Waals surface area (Å²) < 4.78 is 1.94. The standard InChI is InChI=1S/C10H19N3/c1-3-4-5-6-9(11)10-7-13(2)8-12-10/h7-9H,3-6,11H2,1-2H3. The minimum atomic E-state index is 0.118. The van der Waals surface area contributed by atoms with E-state index in [2.05, 4.69) is 11.9 Å². The van der Waals surface area contributed by atoms with Crippen LogP contribution in [0.15, 0.2) is 12.5 Å². The topological polar surface area (TPSA) is 43.8 Å². The highest BCUT2D eigenvalue weighted by Crippen LogP contribution is 2.14. The van der Waals surface area contributed by atoms with Gasteiger partial charge in [-0.05, 0) is 6.42 Å². The monoisotopic (exact) mass is 181 g/mol. The average Bonchev–Trinajstić information content (AvgIpc) is 2.52. The molecule has 0 aliphatic carbocycles. The smallest absolute Gasteiger partial charge is 0.0947 e. The Hall–Kier alpha value is -0.830. The Labute approximate surface area is 80.0 Å². The largest absolute Gasteiger partial charge is 0.340 e. The van der Waals surface area contributed by atoms with Crippen LogP contribution in [-0.2, 0) is 7.05 Å². The van der Waals surface area contributed by atoms with Crippen LogP contribution in [0.4, 0.5) is 0 Å². The zero-order chi connectivity index (χ0) is 9.68. The van der Waals surface area contributed by atoms with Gasteiger partial charge in [-0.25, -0.2) is 4.98 Å². The van der Waals surface area contributed by atoms with Crippen molar-refractivity contribution < 1.29 is 0 Å². The van der Waals surface area contributed by atoms with Crippen LogP contribution in [0.1, 0.15) is 44.3 Å². The van der Waals surface area contributed by atoms with E-state index in [1.165, 1.54) is 19.3 Å². The van der Waals surface area contributed by atoms with E-state index < -0.39 is 0 Å². The predicted octanol–water partition coefficient (Wildman–Crippen LogP) is 2.00. The van der Waals surface area contributed by atoms with Gasteiger partial charge in [-0.3, -0.25) is 0 Å². The molecule has 0 aromatic carbocycles. The molecular formula is C10H19N3. The number of hydrogen-bond acceptors (Lipinski definition) is 2. The molecule has 0 radical (unpaired) electrons. The molecule has 1 heterocycles. The summed E-state index contributed by atoms with van der Waals surface area (Å²) >= 11 is 0. The quantitative estimate of drug-likeness (QED) is 0.706. The van der Waals surface area contributed by atoms with Crippen LogP contribution in [0.3, 0.4) is 0 Å². The van der Waals surface area contributed by atoms with Gasteiger partial charge in [-0.2, -0.15) is 0 Å². The molecule has 0 fully saturated rings. The summed E-state index contributed by atoms with van der Waals surface area (Å²) in [5.74, 6) is 0. The summed E-state index contributed by atoms with van der Waals surface area (Å²) in [7, 11) is 1.97. The average molecular weight is 181 g/mol. The van der Waals surface area contributed by atoms with Crippen molar-refractivity contribution in [3.05, 3.63) is 18.2 Å². The molecule has 3 nitrogen and oxygen atoms in total. The van der Waals surface area contributed by atoms with Crippen LogP contribution in [0.25, 0.3) is 0 Å². The number of nitrogens with zero attached hydrogens (tertiary/aromatic N) is 2. The molecule has 3 heteroatoms. The Balaban J connectivity index is 2.35. The van der Waals surface area contributed by atoms with Gasteiger partial charge in [0.2, 0.25) is 0 Å². The number of nitrogens with two attached hydrogens (primary N) is 1. The maximum atomic E-state index is 5.97. The van der Waals surface area contributed by atoms with Crippen LogP contribution in [-0.4, -0.2) is 9.55 Å². The lowest BCUT2D eigenvalue weighted by Crippen LogP contribution is -2.10. The third-order valence-corrected chi connectivity index (χ3v) is 2.22. The fourth-order valence-corrected chi connectivity index (χ4v) is 1.39. The fraction of sp³-hybridized carbons (Fsp3) is 0.700. The Bertz CT molecular complexity index is 242. The molecule has 1 rings (SSSR count). The van der Waals surface area contributed by atoms with Crippen molar-refractivity contribution in [1.82, 2.24) is 9.55 Å². The van der Waals surface area contributed by atoms with Gasteiger partial charge in [0.25, 0.3) is 0 Å². The first-order chi connectivity index (χ1) is 6.24. The second-order valence-corrected chi connectivity index (χ2v) is 3.57. The zero-order valence-corrected chi connectivity index (χ0v) is 8.53. The molecule has 13 heavy (non-hydrogen) atoms. The first-order valence-electron chi connectivity index (χ1n) is 4.97. The van der Waals surface area contributed by atoms with Gasteiger partial charge < -0.3 is 10.3 Å². The van der Waals surface area contributed by atoms with E-state index in [9.17, 15) is 0 Å². The number of aromatic nitrogens is 2. The minimum Gasteiger partial charge on any atom is -0.340 e. The minimum absolute atomic E-state index is 0.118. The predicted molar refractivity (Wildman–Crippen MR) is 54.3 cm³/mol.